The molecule has 0 saturated carbocycles. The SMILES string of the molecule is CCN(CC)c1ccc(CN=C(N)NC(C)C)cn1. The summed E-state index contributed by atoms with van der Waals surface area (Å²) in [6.45, 7) is 10.8. The van der Waals surface area contributed by atoms with E-state index in [0.29, 0.717) is 18.5 Å². The second-order valence-electron chi connectivity index (χ2n) is 4.70. The summed E-state index contributed by atoms with van der Waals surface area (Å²) in [5, 5.41) is 3.06. The molecule has 0 aliphatic carbocycles. The van der Waals surface area contributed by atoms with E-state index in [1.165, 1.54) is 0 Å². The minimum atomic E-state index is 0.298. The zero-order valence-electron chi connectivity index (χ0n) is 12.3. The maximum absolute atomic E-state index is 5.75. The molecule has 0 amide bonds. The van der Waals surface area contributed by atoms with E-state index in [4.69, 9.17) is 5.73 Å². The summed E-state index contributed by atoms with van der Waals surface area (Å²) in [5.74, 6) is 1.48. The quantitative estimate of drug-likeness (QED) is 0.606. The van der Waals surface area contributed by atoms with Crippen molar-refractivity contribution in [2.45, 2.75) is 40.3 Å². The van der Waals surface area contributed by atoms with Crippen molar-refractivity contribution in [1.29, 1.82) is 0 Å². The highest BCUT2D eigenvalue weighted by Crippen LogP contribution is 2.11. The van der Waals surface area contributed by atoms with Crippen LogP contribution in [0.25, 0.3) is 0 Å². The average Bonchev–Trinajstić information content (AvgIpc) is 2.38. The molecule has 0 spiro atoms. The molecular formula is C14H25N5. The van der Waals surface area contributed by atoms with Crippen LogP contribution in [0.2, 0.25) is 0 Å². The molecule has 5 nitrogen and oxygen atoms in total. The zero-order chi connectivity index (χ0) is 14.3. The second kappa shape index (κ2) is 7.61. The molecule has 0 saturated heterocycles. The summed E-state index contributed by atoms with van der Waals surface area (Å²) in [6, 6.07) is 4.38. The van der Waals surface area contributed by atoms with Crippen LogP contribution in [0.5, 0.6) is 0 Å². The van der Waals surface area contributed by atoms with Gasteiger partial charge in [0.05, 0.1) is 6.54 Å². The van der Waals surface area contributed by atoms with Gasteiger partial charge in [0.2, 0.25) is 0 Å². The monoisotopic (exact) mass is 263 g/mol. The smallest absolute Gasteiger partial charge is 0.189 e. The number of nitrogens with one attached hydrogen (secondary N) is 1. The normalized spacial score (nSPS) is 11.7. The Morgan fingerprint density at radius 1 is 1.37 bits per heavy atom. The van der Waals surface area contributed by atoms with Crippen LogP contribution >= 0.6 is 0 Å². The van der Waals surface area contributed by atoms with Crippen LogP contribution in [0, 0.1) is 0 Å². The summed E-state index contributed by atoms with van der Waals surface area (Å²) in [6.07, 6.45) is 1.86. The highest BCUT2D eigenvalue weighted by Gasteiger charge is 2.02. The number of guanidine groups is 1. The van der Waals surface area contributed by atoms with Gasteiger partial charge in [-0.1, -0.05) is 6.07 Å². The number of hydrogen-bond donors (Lipinski definition) is 2. The Morgan fingerprint density at radius 2 is 2.05 bits per heavy atom. The number of aromatic nitrogens is 1. The van der Waals surface area contributed by atoms with Crippen LogP contribution in [-0.2, 0) is 6.54 Å². The Hall–Kier alpha value is -1.78. The molecule has 5 heteroatoms. The number of aliphatic imine (C=N–C) groups is 1. The first-order chi connectivity index (χ1) is 9.06. The maximum atomic E-state index is 5.75. The third-order valence-corrected chi connectivity index (χ3v) is 2.77. The molecule has 0 aromatic carbocycles. The molecule has 3 N–H and O–H groups in total. The number of hydrogen-bond acceptors (Lipinski definition) is 3. The Bertz CT molecular complexity index is 393. The summed E-state index contributed by atoms with van der Waals surface area (Å²) in [7, 11) is 0. The molecule has 1 heterocycles. The van der Waals surface area contributed by atoms with Crippen LogP contribution in [0.15, 0.2) is 23.3 Å². The van der Waals surface area contributed by atoms with Crippen molar-refractivity contribution < 1.29 is 0 Å². The molecule has 0 aliphatic rings. The Balaban J connectivity index is 2.62. The minimum Gasteiger partial charge on any atom is -0.370 e. The molecule has 0 unspecified atom stereocenters. The first-order valence-electron chi connectivity index (χ1n) is 6.83. The molecule has 0 radical (unpaired) electrons. The predicted molar refractivity (Wildman–Crippen MR) is 81.4 cm³/mol. The molecule has 0 bridgehead atoms. The summed E-state index contributed by atoms with van der Waals surface area (Å²) < 4.78 is 0. The van der Waals surface area contributed by atoms with Crippen LogP contribution < -0.4 is 16.0 Å². The van der Waals surface area contributed by atoms with Gasteiger partial charge in [0.15, 0.2) is 5.96 Å². The lowest BCUT2D eigenvalue weighted by Crippen LogP contribution is -2.36. The van der Waals surface area contributed by atoms with Crippen LogP contribution in [0.1, 0.15) is 33.3 Å². The molecule has 19 heavy (non-hydrogen) atoms. The van der Waals surface area contributed by atoms with E-state index in [9.17, 15) is 0 Å². The van der Waals surface area contributed by atoms with E-state index in [2.05, 4.69) is 34.0 Å². The summed E-state index contributed by atoms with van der Waals surface area (Å²) in [4.78, 5) is 10.9. The van der Waals surface area contributed by atoms with Gasteiger partial charge in [0.25, 0.3) is 0 Å². The average molecular weight is 263 g/mol. The highest BCUT2D eigenvalue weighted by molar-refractivity contribution is 5.78. The number of nitrogens with two attached hydrogens (primary N) is 1. The van der Waals surface area contributed by atoms with E-state index < -0.39 is 0 Å². The van der Waals surface area contributed by atoms with Crippen molar-refractivity contribution in [2.75, 3.05) is 18.0 Å². The molecule has 1 rings (SSSR count). The Kier molecular flexibility index (Phi) is 6.12. The van der Waals surface area contributed by atoms with Crippen molar-refractivity contribution >= 4 is 11.8 Å². The largest absolute Gasteiger partial charge is 0.370 e. The van der Waals surface area contributed by atoms with Crippen molar-refractivity contribution in [2.24, 2.45) is 10.7 Å². The van der Waals surface area contributed by atoms with Gasteiger partial charge in [0, 0.05) is 25.3 Å². The fourth-order valence-corrected chi connectivity index (χ4v) is 1.76. The Labute approximate surface area is 115 Å². The van der Waals surface area contributed by atoms with Gasteiger partial charge in [-0.25, -0.2) is 9.98 Å². The van der Waals surface area contributed by atoms with Gasteiger partial charge in [-0.05, 0) is 39.3 Å². The minimum absolute atomic E-state index is 0.298. The van der Waals surface area contributed by atoms with E-state index in [0.717, 1.165) is 24.5 Å². The fourth-order valence-electron chi connectivity index (χ4n) is 1.76. The van der Waals surface area contributed by atoms with E-state index >= 15 is 0 Å². The zero-order valence-corrected chi connectivity index (χ0v) is 12.3. The van der Waals surface area contributed by atoms with Gasteiger partial charge < -0.3 is 16.0 Å². The number of pyridine rings is 1. The first-order valence-corrected chi connectivity index (χ1v) is 6.83. The van der Waals surface area contributed by atoms with Gasteiger partial charge in [-0.15, -0.1) is 0 Å². The lowest BCUT2D eigenvalue weighted by atomic mass is 10.3. The first kappa shape index (κ1) is 15.3. The standard InChI is InChI=1S/C14H25N5/c1-5-19(6-2)13-8-7-12(9-16-13)10-17-14(15)18-11(3)4/h7-9,11H,5-6,10H2,1-4H3,(H3,15,17,18). The van der Waals surface area contributed by atoms with Gasteiger partial charge >= 0.3 is 0 Å². The number of rotatable bonds is 6. The molecule has 0 aliphatic heterocycles. The Morgan fingerprint density at radius 3 is 2.53 bits per heavy atom. The molecule has 106 valence electrons. The van der Waals surface area contributed by atoms with Crippen molar-refractivity contribution in [3.05, 3.63) is 23.9 Å². The van der Waals surface area contributed by atoms with E-state index in [1.807, 2.05) is 32.2 Å². The fraction of sp³-hybridized carbons (Fsp3) is 0.571. The summed E-state index contributed by atoms with van der Waals surface area (Å²) >= 11 is 0. The lowest BCUT2D eigenvalue weighted by molar-refractivity contribution is 0.723. The maximum Gasteiger partial charge on any atom is 0.189 e. The second-order valence-corrected chi connectivity index (χ2v) is 4.70. The third kappa shape index (κ3) is 5.16. The number of anilines is 1. The third-order valence-electron chi connectivity index (χ3n) is 2.77. The topological polar surface area (TPSA) is 66.5 Å². The van der Waals surface area contributed by atoms with E-state index in [1.54, 1.807) is 0 Å². The molecule has 1 aromatic heterocycles. The molecule has 1 aromatic rings. The van der Waals surface area contributed by atoms with Crippen LogP contribution in [0.3, 0.4) is 0 Å². The summed E-state index contributed by atoms with van der Waals surface area (Å²) in [5.41, 5.74) is 6.81. The van der Waals surface area contributed by atoms with Crippen LogP contribution in [-0.4, -0.2) is 30.1 Å². The van der Waals surface area contributed by atoms with Crippen molar-refractivity contribution in [3.8, 4) is 0 Å². The molecule has 0 fully saturated rings. The van der Waals surface area contributed by atoms with Gasteiger partial charge in [0.1, 0.15) is 5.82 Å². The van der Waals surface area contributed by atoms with Crippen molar-refractivity contribution in [3.63, 3.8) is 0 Å². The van der Waals surface area contributed by atoms with Crippen LogP contribution in [0.4, 0.5) is 5.82 Å². The molecular weight excluding hydrogens is 238 g/mol. The van der Waals surface area contributed by atoms with Gasteiger partial charge in [-0.3, -0.25) is 0 Å². The highest BCUT2D eigenvalue weighted by atomic mass is 15.2. The van der Waals surface area contributed by atoms with Crippen molar-refractivity contribution in [1.82, 2.24) is 10.3 Å². The molecule has 0 atom stereocenters. The van der Waals surface area contributed by atoms with E-state index in [-0.39, 0.29) is 0 Å². The van der Waals surface area contributed by atoms with Gasteiger partial charge in [-0.2, -0.15) is 0 Å². The number of nitrogens with zero attached hydrogens (tertiary/aromatic N) is 3. The lowest BCUT2D eigenvalue weighted by Gasteiger charge is -2.19. The predicted octanol–water partition coefficient (Wildman–Crippen LogP) is 1.74.